The number of hydrogen-bond acceptors (Lipinski definition) is 4. The Morgan fingerprint density at radius 1 is 1.07 bits per heavy atom. The molecule has 0 atom stereocenters. The Hall–Kier alpha value is -2.73. The molecule has 2 heterocycles. The smallest absolute Gasteiger partial charge is 0.254 e. The maximum Gasteiger partial charge on any atom is 0.254 e. The van der Waals surface area contributed by atoms with Crippen molar-refractivity contribution in [1.29, 1.82) is 0 Å². The quantitative estimate of drug-likeness (QED) is 0.715. The molecule has 1 amide bonds. The number of aromatic nitrogens is 3. The third-order valence-corrected chi connectivity index (χ3v) is 5.21. The Kier molecular flexibility index (Phi) is 4.90. The SMILES string of the molecule is CCn1nnc2cc(C(=O)N3CCN(Cc4cccc(C)c4)CC3)ccc21. The van der Waals surface area contributed by atoms with E-state index in [9.17, 15) is 4.79 Å². The van der Waals surface area contributed by atoms with E-state index < -0.39 is 0 Å². The van der Waals surface area contributed by atoms with Gasteiger partial charge in [-0.15, -0.1) is 5.10 Å². The number of fused-ring (bicyclic) bond motifs is 1. The van der Waals surface area contributed by atoms with Crippen molar-refractivity contribution in [2.24, 2.45) is 0 Å². The fraction of sp³-hybridized carbons (Fsp3) is 0.381. The number of carbonyl (C=O) groups is 1. The first-order valence-corrected chi connectivity index (χ1v) is 9.54. The summed E-state index contributed by atoms with van der Waals surface area (Å²) in [6.07, 6.45) is 0. The highest BCUT2D eigenvalue weighted by atomic mass is 16.2. The van der Waals surface area contributed by atoms with E-state index in [1.807, 2.05) is 34.7 Å². The predicted molar refractivity (Wildman–Crippen MR) is 106 cm³/mol. The van der Waals surface area contributed by atoms with Crippen LogP contribution < -0.4 is 0 Å². The standard InChI is InChI=1S/C21H25N5O/c1-3-26-20-8-7-18(14-19(20)22-23-26)21(27)25-11-9-24(10-12-25)15-17-6-4-5-16(2)13-17/h4-8,13-14H,3,9-12,15H2,1-2H3. The fourth-order valence-corrected chi connectivity index (χ4v) is 3.70. The van der Waals surface area contributed by atoms with E-state index in [2.05, 4.69) is 46.4 Å². The molecule has 0 N–H and O–H groups in total. The lowest BCUT2D eigenvalue weighted by molar-refractivity contribution is 0.0628. The molecule has 3 aromatic rings. The number of benzene rings is 2. The largest absolute Gasteiger partial charge is 0.336 e. The van der Waals surface area contributed by atoms with Gasteiger partial charge in [0.25, 0.3) is 5.91 Å². The summed E-state index contributed by atoms with van der Waals surface area (Å²) >= 11 is 0. The molecule has 0 aliphatic carbocycles. The summed E-state index contributed by atoms with van der Waals surface area (Å²) in [4.78, 5) is 17.2. The first-order chi connectivity index (χ1) is 13.1. The number of aryl methyl sites for hydroxylation is 2. The Morgan fingerprint density at radius 2 is 1.89 bits per heavy atom. The number of piperazine rings is 1. The molecular formula is C21H25N5O. The van der Waals surface area contributed by atoms with Crippen LogP contribution >= 0.6 is 0 Å². The van der Waals surface area contributed by atoms with E-state index in [-0.39, 0.29) is 5.91 Å². The van der Waals surface area contributed by atoms with E-state index in [0.717, 1.165) is 50.3 Å². The lowest BCUT2D eigenvalue weighted by atomic mass is 10.1. The van der Waals surface area contributed by atoms with Crippen LogP contribution in [0.3, 0.4) is 0 Å². The van der Waals surface area contributed by atoms with Crippen molar-refractivity contribution in [2.45, 2.75) is 26.9 Å². The van der Waals surface area contributed by atoms with Crippen LogP contribution in [0.15, 0.2) is 42.5 Å². The van der Waals surface area contributed by atoms with Crippen molar-refractivity contribution in [3.05, 3.63) is 59.2 Å². The van der Waals surface area contributed by atoms with Crippen LogP contribution in [0.2, 0.25) is 0 Å². The van der Waals surface area contributed by atoms with Crippen LogP contribution in [0.1, 0.15) is 28.4 Å². The van der Waals surface area contributed by atoms with Crippen LogP contribution in [0, 0.1) is 6.92 Å². The molecule has 0 saturated carbocycles. The third-order valence-electron chi connectivity index (χ3n) is 5.21. The van der Waals surface area contributed by atoms with Gasteiger partial charge in [-0.1, -0.05) is 35.0 Å². The summed E-state index contributed by atoms with van der Waals surface area (Å²) in [5.74, 6) is 0.0816. The van der Waals surface area contributed by atoms with Crippen molar-refractivity contribution in [3.63, 3.8) is 0 Å². The molecule has 6 heteroatoms. The number of amides is 1. The molecule has 0 bridgehead atoms. The molecule has 27 heavy (non-hydrogen) atoms. The minimum Gasteiger partial charge on any atom is -0.336 e. The lowest BCUT2D eigenvalue weighted by Gasteiger charge is -2.34. The molecule has 6 nitrogen and oxygen atoms in total. The second-order valence-corrected chi connectivity index (χ2v) is 7.17. The Morgan fingerprint density at radius 3 is 2.63 bits per heavy atom. The number of hydrogen-bond donors (Lipinski definition) is 0. The average Bonchev–Trinajstić information content (AvgIpc) is 3.10. The van der Waals surface area contributed by atoms with Gasteiger partial charge in [-0.25, -0.2) is 4.68 Å². The molecule has 0 unspecified atom stereocenters. The summed E-state index contributed by atoms with van der Waals surface area (Å²) in [7, 11) is 0. The van der Waals surface area contributed by atoms with Crippen molar-refractivity contribution >= 4 is 16.9 Å². The molecule has 2 aromatic carbocycles. The predicted octanol–water partition coefficient (Wildman–Crippen LogP) is 2.72. The van der Waals surface area contributed by atoms with Gasteiger partial charge in [0.15, 0.2) is 0 Å². The third kappa shape index (κ3) is 3.71. The van der Waals surface area contributed by atoms with Gasteiger partial charge in [0.2, 0.25) is 0 Å². The van der Waals surface area contributed by atoms with Crippen molar-refractivity contribution < 1.29 is 4.79 Å². The van der Waals surface area contributed by atoms with E-state index in [1.54, 1.807) is 0 Å². The van der Waals surface area contributed by atoms with Crippen LogP contribution in [0.5, 0.6) is 0 Å². The number of rotatable bonds is 4. The highest BCUT2D eigenvalue weighted by Crippen LogP contribution is 2.17. The zero-order valence-electron chi connectivity index (χ0n) is 15.9. The summed E-state index contributed by atoms with van der Waals surface area (Å²) in [5.41, 5.74) is 5.06. The maximum absolute atomic E-state index is 12.9. The highest BCUT2D eigenvalue weighted by molar-refractivity contribution is 5.97. The minimum atomic E-state index is 0.0816. The Labute approximate surface area is 159 Å². The first-order valence-electron chi connectivity index (χ1n) is 9.54. The highest BCUT2D eigenvalue weighted by Gasteiger charge is 2.22. The zero-order chi connectivity index (χ0) is 18.8. The average molecular weight is 363 g/mol. The summed E-state index contributed by atoms with van der Waals surface area (Å²) in [5, 5.41) is 8.30. The van der Waals surface area contributed by atoms with Gasteiger partial charge in [-0.3, -0.25) is 9.69 Å². The molecule has 140 valence electrons. The van der Waals surface area contributed by atoms with Crippen molar-refractivity contribution in [2.75, 3.05) is 26.2 Å². The topological polar surface area (TPSA) is 54.3 Å². The van der Waals surface area contributed by atoms with Gasteiger partial charge in [0.05, 0.1) is 5.52 Å². The van der Waals surface area contributed by atoms with E-state index in [1.165, 1.54) is 11.1 Å². The monoisotopic (exact) mass is 363 g/mol. The molecule has 1 aliphatic rings. The Balaban J connectivity index is 1.39. The molecule has 4 rings (SSSR count). The van der Waals surface area contributed by atoms with Crippen LogP contribution in [0.25, 0.3) is 11.0 Å². The minimum absolute atomic E-state index is 0.0816. The van der Waals surface area contributed by atoms with Crippen molar-refractivity contribution in [3.8, 4) is 0 Å². The lowest BCUT2D eigenvalue weighted by Crippen LogP contribution is -2.48. The van der Waals surface area contributed by atoms with E-state index in [0.29, 0.717) is 5.56 Å². The summed E-state index contributed by atoms with van der Waals surface area (Å²) in [6.45, 7) is 9.17. The van der Waals surface area contributed by atoms with Gasteiger partial charge < -0.3 is 4.90 Å². The number of carbonyl (C=O) groups excluding carboxylic acids is 1. The number of nitrogens with zero attached hydrogens (tertiary/aromatic N) is 5. The van der Waals surface area contributed by atoms with Gasteiger partial charge in [0.1, 0.15) is 5.52 Å². The fourth-order valence-electron chi connectivity index (χ4n) is 3.70. The van der Waals surface area contributed by atoms with Crippen molar-refractivity contribution in [1.82, 2.24) is 24.8 Å². The molecule has 0 spiro atoms. The molecule has 0 radical (unpaired) electrons. The zero-order valence-corrected chi connectivity index (χ0v) is 15.9. The van der Waals surface area contributed by atoms with Gasteiger partial charge >= 0.3 is 0 Å². The van der Waals surface area contributed by atoms with Gasteiger partial charge in [0, 0.05) is 44.8 Å². The summed E-state index contributed by atoms with van der Waals surface area (Å²) in [6, 6.07) is 14.3. The Bertz CT molecular complexity index is 956. The molecule has 1 fully saturated rings. The van der Waals surface area contributed by atoms with Gasteiger partial charge in [-0.2, -0.15) is 0 Å². The summed E-state index contributed by atoms with van der Waals surface area (Å²) < 4.78 is 1.84. The second-order valence-electron chi connectivity index (χ2n) is 7.17. The normalized spacial score (nSPS) is 15.4. The molecule has 1 aliphatic heterocycles. The van der Waals surface area contributed by atoms with E-state index in [4.69, 9.17) is 0 Å². The van der Waals surface area contributed by atoms with Crippen LogP contribution in [-0.2, 0) is 13.1 Å². The molecule has 1 aromatic heterocycles. The molecule has 1 saturated heterocycles. The second kappa shape index (κ2) is 7.48. The molecular weight excluding hydrogens is 338 g/mol. The maximum atomic E-state index is 12.9. The van der Waals surface area contributed by atoms with Crippen LogP contribution in [0.4, 0.5) is 0 Å². The van der Waals surface area contributed by atoms with E-state index >= 15 is 0 Å². The first kappa shape index (κ1) is 17.7. The van der Waals surface area contributed by atoms with Gasteiger partial charge in [-0.05, 0) is 37.6 Å². The van der Waals surface area contributed by atoms with Crippen LogP contribution in [-0.4, -0.2) is 56.9 Å².